The lowest BCUT2D eigenvalue weighted by atomic mass is 10.1. The first kappa shape index (κ1) is 11.7. The zero-order valence-corrected chi connectivity index (χ0v) is 10.0. The van der Waals surface area contributed by atoms with Crippen LogP contribution in [0.4, 0.5) is 11.4 Å². The summed E-state index contributed by atoms with van der Waals surface area (Å²) in [7, 11) is 1.34. The number of ether oxygens (including phenoxy) is 1. The summed E-state index contributed by atoms with van der Waals surface area (Å²) in [5.41, 5.74) is 8.40. The van der Waals surface area contributed by atoms with E-state index in [0.717, 1.165) is 24.2 Å². The minimum atomic E-state index is -0.424. The molecule has 1 aliphatic heterocycles. The maximum absolute atomic E-state index is 11.6. The summed E-state index contributed by atoms with van der Waals surface area (Å²) < 4.78 is 4.71. The lowest BCUT2D eigenvalue weighted by molar-refractivity contribution is 0.0602. The fourth-order valence-electron chi connectivity index (χ4n) is 1.85. The Morgan fingerprint density at radius 1 is 1.53 bits per heavy atom. The fraction of sp³-hybridized carbons (Fsp3) is 0.417. The van der Waals surface area contributed by atoms with Gasteiger partial charge in [-0.3, -0.25) is 9.90 Å². The lowest BCUT2D eigenvalue weighted by Crippen LogP contribution is -2.18. The molecule has 0 aliphatic carbocycles. The van der Waals surface area contributed by atoms with Crippen molar-refractivity contribution in [1.29, 1.82) is 0 Å². The summed E-state index contributed by atoms with van der Waals surface area (Å²) in [6, 6.07) is 3.62. The van der Waals surface area contributed by atoms with Crippen LogP contribution in [0.1, 0.15) is 22.3 Å². The van der Waals surface area contributed by atoms with Crippen LogP contribution in [0.15, 0.2) is 12.1 Å². The van der Waals surface area contributed by atoms with Crippen molar-refractivity contribution in [3.05, 3.63) is 23.3 Å². The Morgan fingerprint density at radius 3 is 2.88 bits per heavy atom. The molecule has 17 heavy (non-hydrogen) atoms. The van der Waals surface area contributed by atoms with Crippen LogP contribution in [0.5, 0.6) is 0 Å². The molecule has 1 aromatic carbocycles. The van der Waals surface area contributed by atoms with Crippen LogP contribution in [-0.4, -0.2) is 26.2 Å². The van der Waals surface area contributed by atoms with Crippen molar-refractivity contribution >= 4 is 17.3 Å². The van der Waals surface area contributed by atoms with Gasteiger partial charge in [-0.05, 0) is 31.0 Å². The van der Waals surface area contributed by atoms with E-state index >= 15 is 0 Å². The van der Waals surface area contributed by atoms with E-state index in [9.17, 15) is 4.79 Å². The summed E-state index contributed by atoms with van der Waals surface area (Å²) in [6.07, 6.45) is 0.983. The topological polar surface area (TPSA) is 64.8 Å². The van der Waals surface area contributed by atoms with Crippen molar-refractivity contribution in [3.8, 4) is 0 Å². The van der Waals surface area contributed by atoms with Crippen molar-refractivity contribution in [3.63, 3.8) is 0 Å². The summed E-state index contributed by atoms with van der Waals surface area (Å²) in [6.45, 7) is 3.39. The second kappa shape index (κ2) is 4.63. The SMILES string of the molecule is COC(=O)c1cc(N2CCCO2)cc(C)c1N. The minimum absolute atomic E-state index is 0.387. The van der Waals surface area contributed by atoms with Gasteiger partial charge >= 0.3 is 5.97 Å². The molecule has 0 unspecified atom stereocenters. The van der Waals surface area contributed by atoms with Gasteiger partial charge in [0.25, 0.3) is 0 Å². The van der Waals surface area contributed by atoms with Crippen LogP contribution in [0.2, 0.25) is 0 Å². The van der Waals surface area contributed by atoms with Gasteiger partial charge in [-0.15, -0.1) is 0 Å². The number of nitrogen functional groups attached to an aromatic ring is 1. The Labute approximate surface area is 100 Å². The maximum Gasteiger partial charge on any atom is 0.340 e. The van der Waals surface area contributed by atoms with Gasteiger partial charge in [0.15, 0.2) is 0 Å². The largest absolute Gasteiger partial charge is 0.465 e. The average molecular weight is 236 g/mol. The molecule has 0 amide bonds. The molecule has 0 radical (unpaired) electrons. The molecule has 0 saturated carbocycles. The first-order valence-electron chi connectivity index (χ1n) is 5.52. The first-order valence-corrected chi connectivity index (χ1v) is 5.52. The Balaban J connectivity index is 2.41. The van der Waals surface area contributed by atoms with Crippen LogP contribution in [-0.2, 0) is 9.57 Å². The van der Waals surface area contributed by atoms with Crippen molar-refractivity contribution in [2.24, 2.45) is 0 Å². The van der Waals surface area contributed by atoms with E-state index in [2.05, 4.69) is 0 Å². The van der Waals surface area contributed by atoms with Crippen LogP contribution in [0, 0.1) is 6.92 Å². The first-order chi connectivity index (χ1) is 8.13. The normalized spacial score (nSPS) is 15.1. The lowest BCUT2D eigenvalue weighted by Gasteiger charge is -2.18. The van der Waals surface area contributed by atoms with Crippen LogP contribution < -0.4 is 10.8 Å². The molecule has 2 N–H and O–H groups in total. The molecule has 0 atom stereocenters. The summed E-state index contributed by atoms with van der Waals surface area (Å²) >= 11 is 0. The predicted octanol–water partition coefficient (Wildman–Crippen LogP) is 1.51. The van der Waals surface area contributed by atoms with Gasteiger partial charge in [-0.2, -0.15) is 0 Å². The molecular formula is C12H16N2O3. The van der Waals surface area contributed by atoms with Gasteiger partial charge in [0.1, 0.15) is 0 Å². The van der Waals surface area contributed by atoms with E-state index in [1.165, 1.54) is 7.11 Å². The second-order valence-electron chi connectivity index (χ2n) is 4.00. The minimum Gasteiger partial charge on any atom is -0.465 e. The molecule has 5 heteroatoms. The molecule has 0 spiro atoms. The van der Waals surface area contributed by atoms with Gasteiger partial charge in [0, 0.05) is 12.2 Å². The molecule has 1 fully saturated rings. The quantitative estimate of drug-likeness (QED) is 0.622. The number of rotatable bonds is 2. The number of hydroxylamine groups is 1. The molecule has 92 valence electrons. The number of anilines is 2. The molecule has 1 heterocycles. The molecule has 5 nitrogen and oxygen atoms in total. The van der Waals surface area contributed by atoms with Gasteiger partial charge in [-0.25, -0.2) is 4.79 Å². The molecule has 1 aromatic rings. The van der Waals surface area contributed by atoms with Crippen LogP contribution in [0.25, 0.3) is 0 Å². The number of methoxy groups -OCH3 is 1. The standard InChI is InChI=1S/C12H16N2O3/c1-8-6-9(14-4-3-5-17-14)7-10(11(8)13)12(15)16-2/h6-7H,3-5,13H2,1-2H3. The predicted molar refractivity (Wildman–Crippen MR) is 64.8 cm³/mol. The number of carbonyl (C=O) groups is 1. The zero-order valence-electron chi connectivity index (χ0n) is 10.0. The highest BCUT2D eigenvalue weighted by Crippen LogP contribution is 2.27. The van der Waals surface area contributed by atoms with Crippen LogP contribution in [0.3, 0.4) is 0 Å². The highest BCUT2D eigenvalue weighted by atomic mass is 16.7. The van der Waals surface area contributed by atoms with Gasteiger partial charge in [0.2, 0.25) is 0 Å². The molecule has 1 aliphatic rings. The number of esters is 1. The van der Waals surface area contributed by atoms with Gasteiger partial charge in [0.05, 0.1) is 25.0 Å². The molecule has 2 rings (SSSR count). The van der Waals surface area contributed by atoms with E-state index in [4.69, 9.17) is 15.3 Å². The van der Waals surface area contributed by atoms with Crippen LogP contribution >= 0.6 is 0 Å². The second-order valence-corrected chi connectivity index (χ2v) is 4.00. The van der Waals surface area contributed by atoms with E-state index < -0.39 is 5.97 Å². The monoisotopic (exact) mass is 236 g/mol. The third-order valence-electron chi connectivity index (χ3n) is 2.82. The average Bonchev–Trinajstić information content (AvgIpc) is 2.85. The number of aryl methyl sites for hydroxylation is 1. The van der Waals surface area contributed by atoms with E-state index in [1.807, 2.05) is 13.0 Å². The van der Waals surface area contributed by atoms with Crippen molar-refractivity contribution in [1.82, 2.24) is 0 Å². The van der Waals surface area contributed by atoms with Gasteiger partial charge in [-0.1, -0.05) is 0 Å². The Kier molecular flexibility index (Phi) is 3.19. The number of hydrogen-bond donors (Lipinski definition) is 1. The Hall–Kier alpha value is -1.75. The highest BCUT2D eigenvalue weighted by molar-refractivity contribution is 5.97. The highest BCUT2D eigenvalue weighted by Gasteiger charge is 2.19. The molecular weight excluding hydrogens is 220 g/mol. The number of hydrogen-bond acceptors (Lipinski definition) is 5. The number of carbonyl (C=O) groups excluding carboxylic acids is 1. The third kappa shape index (κ3) is 2.19. The van der Waals surface area contributed by atoms with Gasteiger partial charge < -0.3 is 10.5 Å². The number of nitrogens with zero attached hydrogens (tertiary/aromatic N) is 1. The molecule has 0 bridgehead atoms. The third-order valence-corrected chi connectivity index (χ3v) is 2.82. The number of benzene rings is 1. The maximum atomic E-state index is 11.6. The van der Waals surface area contributed by atoms with Crippen molar-refractivity contribution in [2.75, 3.05) is 31.1 Å². The van der Waals surface area contributed by atoms with Crippen molar-refractivity contribution in [2.45, 2.75) is 13.3 Å². The zero-order chi connectivity index (χ0) is 12.4. The smallest absolute Gasteiger partial charge is 0.340 e. The Bertz CT molecular complexity index is 440. The summed E-state index contributed by atoms with van der Waals surface area (Å²) in [5, 5.41) is 1.78. The fourth-order valence-corrected chi connectivity index (χ4v) is 1.85. The summed E-state index contributed by atoms with van der Waals surface area (Å²) in [4.78, 5) is 17.0. The van der Waals surface area contributed by atoms with E-state index in [1.54, 1.807) is 11.1 Å². The molecule has 0 aromatic heterocycles. The summed E-state index contributed by atoms with van der Waals surface area (Å²) in [5.74, 6) is -0.424. The molecule has 1 saturated heterocycles. The number of nitrogens with two attached hydrogens (primary N) is 1. The van der Waals surface area contributed by atoms with Crippen molar-refractivity contribution < 1.29 is 14.4 Å². The van der Waals surface area contributed by atoms with E-state index in [-0.39, 0.29) is 0 Å². The Morgan fingerprint density at radius 2 is 2.29 bits per heavy atom. The van der Waals surface area contributed by atoms with E-state index in [0.29, 0.717) is 17.9 Å².